The third-order valence-corrected chi connectivity index (χ3v) is 9.58. The maximum absolute atomic E-state index is 14.3. The highest BCUT2D eigenvalue weighted by atomic mass is 16.3. The predicted molar refractivity (Wildman–Crippen MR) is 156 cm³/mol. The summed E-state index contributed by atoms with van der Waals surface area (Å²) in [5.74, 6) is -6.59. The van der Waals surface area contributed by atoms with E-state index in [1.807, 2.05) is 18.2 Å². The highest BCUT2D eigenvalue weighted by molar-refractivity contribution is 6.25. The van der Waals surface area contributed by atoms with Crippen LogP contribution in [0, 0.1) is 11.8 Å². The lowest BCUT2D eigenvalue weighted by molar-refractivity contribution is -0.148. The van der Waals surface area contributed by atoms with Gasteiger partial charge in [-0.15, -0.1) is 0 Å². The smallest absolute Gasteiger partial charge is 0.255 e. The Hall–Kier alpha value is -4.06. The van der Waals surface area contributed by atoms with Gasteiger partial charge in [0, 0.05) is 35.4 Å². The number of hydrogen-bond acceptors (Lipinski definition) is 10. The number of benzene rings is 1. The standard InChI is InChI=1S/C32H36N4O7/c1-35(2)25-20-14-16-12-19-18(21-8-4-5-9-34-21)13-17(15-36-10-6-3-7-11-36)26(37)23(19)27(38)22(16)29(40)32(20,43)30(41)24(28(25)39)31(33)42/h4-5,8-9,13,16,20,25,37,39-40,43H,3,6-7,10-12,14-15H2,1-2H3,(H2,33,42)/t16-,20-,25+,32-/m0/s1. The molecule has 0 spiro atoms. The summed E-state index contributed by atoms with van der Waals surface area (Å²) >= 11 is 0. The largest absolute Gasteiger partial charge is 0.510 e. The molecule has 11 heteroatoms. The number of nitrogens with two attached hydrogens (primary N) is 1. The van der Waals surface area contributed by atoms with Crippen LogP contribution in [-0.4, -0.2) is 91.5 Å². The Morgan fingerprint density at radius 3 is 2.49 bits per heavy atom. The molecule has 1 fully saturated rings. The van der Waals surface area contributed by atoms with Gasteiger partial charge in [-0.05, 0) is 82.5 Å². The molecule has 4 aliphatic rings. The van der Waals surface area contributed by atoms with Crippen LogP contribution >= 0.6 is 0 Å². The number of nitrogens with zero attached hydrogens (tertiary/aromatic N) is 3. The summed E-state index contributed by atoms with van der Waals surface area (Å²) in [5, 5.41) is 46.1. The van der Waals surface area contributed by atoms with Gasteiger partial charge in [0.15, 0.2) is 11.4 Å². The first-order chi connectivity index (χ1) is 20.5. The van der Waals surface area contributed by atoms with E-state index < -0.39 is 58.0 Å². The number of aliphatic hydroxyl groups excluding tert-OH is 2. The summed E-state index contributed by atoms with van der Waals surface area (Å²) < 4.78 is 0. The number of carbonyl (C=O) groups excluding carboxylic acids is 3. The number of aromatic hydroxyl groups is 1. The summed E-state index contributed by atoms with van der Waals surface area (Å²) in [6, 6.07) is 6.31. The first-order valence-electron chi connectivity index (χ1n) is 14.6. The van der Waals surface area contributed by atoms with Crippen molar-refractivity contribution >= 4 is 17.5 Å². The zero-order valence-corrected chi connectivity index (χ0v) is 24.2. The van der Waals surface area contributed by atoms with Gasteiger partial charge in [0.1, 0.15) is 22.8 Å². The number of phenols is 1. The number of aliphatic hydroxyl groups is 3. The van der Waals surface area contributed by atoms with Crippen LogP contribution in [0.4, 0.5) is 0 Å². The average Bonchev–Trinajstić information content (AvgIpc) is 2.97. The Morgan fingerprint density at radius 1 is 1.14 bits per heavy atom. The van der Waals surface area contributed by atoms with Gasteiger partial charge in [0.25, 0.3) is 5.91 Å². The van der Waals surface area contributed by atoms with Crippen LogP contribution in [0.2, 0.25) is 0 Å². The Balaban J connectivity index is 1.54. The molecule has 1 aromatic carbocycles. The highest BCUT2D eigenvalue weighted by Gasteiger charge is 2.63. The van der Waals surface area contributed by atoms with Gasteiger partial charge >= 0.3 is 0 Å². The normalized spacial score (nSPS) is 27.7. The van der Waals surface area contributed by atoms with E-state index in [-0.39, 0.29) is 29.7 Å². The van der Waals surface area contributed by atoms with Crippen molar-refractivity contribution in [2.24, 2.45) is 17.6 Å². The number of amides is 1. The predicted octanol–water partition coefficient (Wildman–Crippen LogP) is 2.17. The maximum atomic E-state index is 14.3. The lowest BCUT2D eigenvalue weighted by atomic mass is 9.58. The molecule has 0 radical (unpaired) electrons. The van der Waals surface area contributed by atoms with Gasteiger partial charge in [-0.3, -0.25) is 29.2 Å². The Labute approximate surface area is 248 Å². The number of piperidine rings is 1. The van der Waals surface area contributed by atoms with E-state index in [0.29, 0.717) is 28.9 Å². The number of ketones is 2. The molecule has 6 N–H and O–H groups in total. The van der Waals surface area contributed by atoms with Gasteiger partial charge in [-0.25, -0.2) is 0 Å². The molecule has 0 saturated carbocycles. The number of carbonyl (C=O) groups is 3. The van der Waals surface area contributed by atoms with Crippen LogP contribution < -0.4 is 5.73 Å². The number of Topliss-reactive ketones (excluding diaryl/α,β-unsaturated/α-hetero) is 2. The van der Waals surface area contributed by atoms with Gasteiger partial charge < -0.3 is 26.2 Å². The van der Waals surface area contributed by atoms with Crippen molar-refractivity contribution in [3.63, 3.8) is 0 Å². The molecule has 4 atom stereocenters. The Morgan fingerprint density at radius 2 is 1.86 bits per heavy atom. The zero-order chi connectivity index (χ0) is 30.8. The number of aromatic nitrogens is 1. The van der Waals surface area contributed by atoms with Crippen molar-refractivity contribution in [2.45, 2.75) is 50.3 Å². The van der Waals surface area contributed by atoms with E-state index in [0.717, 1.165) is 32.4 Å². The van der Waals surface area contributed by atoms with Gasteiger partial charge in [-0.2, -0.15) is 0 Å². The molecule has 2 aromatic rings. The molecule has 1 aliphatic heterocycles. The zero-order valence-electron chi connectivity index (χ0n) is 24.2. The molecule has 6 rings (SSSR count). The second kappa shape index (κ2) is 10.6. The Kier molecular flexibility index (Phi) is 7.15. The third-order valence-electron chi connectivity index (χ3n) is 9.58. The number of rotatable bonds is 5. The van der Waals surface area contributed by atoms with Crippen molar-refractivity contribution in [1.29, 1.82) is 0 Å². The molecule has 43 heavy (non-hydrogen) atoms. The molecule has 11 nitrogen and oxygen atoms in total. The number of pyridine rings is 1. The van der Waals surface area contributed by atoms with Crippen LogP contribution in [0.1, 0.15) is 47.2 Å². The van der Waals surface area contributed by atoms with Crippen LogP contribution in [0.3, 0.4) is 0 Å². The molecule has 2 heterocycles. The van der Waals surface area contributed by atoms with Crippen LogP contribution in [0.5, 0.6) is 5.75 Å². The fourth-order valence-corrected chi connectivity index (χ4v) is 7.60. The minimum atomic E-state index is -2.67. The lowest BCUT2D eigenvalue weighted by Crippen LogP contribution is -2.63. The number of phenolic OH excluding ortho intramolecular Hbond substituents is 1. The van der Waals surface area contributed by atoms with Crippen LogP contribution in [0.25, 0.3) is 11.3 Å². The number of primary amides is 1. The number of hydrogen-bond donors (Lipinski definition) is 5. The van der Waals surface area contributed by atoms with Crippen molar-refractivity contribution in [1.82, 2.24) is 14.8 Å². The summed E-state index contributed by atoms with van der Waals surface area (Å²) in [5.41, 5.74) is 4.21. The SMILES string of the molecule is CN(C)[C@H]1C(O)=C(C(N)=O)C(=O)[C@@]2(O)C(O)=C3C(=O)c4c(O)c(CN5CCCCC5)cc(-c5ccccn5)c4C[C@H]3C[C@@H]12. The number of allylic oxidation sites excluding steroid dienone is 1. The molecule has 0 bridgehead atoms. The van der Waals surface area contributed by atoms with Gasteiger partial charge in [0.05, 0.1) is 17.3 Å². The molecule has 226 valence electrons. The first-order valence-corrected chi connectivity index (χ1v) is 14.6. The van der Waals surface area contributed by atoms with Gasteiger partial charge in [0.2, 0.25) is 5.78 Å². The minimum Gasteiger partial charge on any atom is -0.510 e. The highest BCUT2D eigenvalue weighted by Crippen LogP contribution is 2.53. The summed E-state index contributed by atoms with van der Waals surface area (Å²) in [6.45, 7) is 2.15. The quantitative estimate of drug-likeness (QED) is 0.325. The van der Waals surface area contributed by atoms with Crippen molar-refractivity contribution in [3.8, 4) is 17.0 Å². The minimum absolute atomic E-state index is 0.0101. The molecule has 1 amide bonds. The number of likely N-dealkylation sites (tertiary alicyclic amines) is 1. The van der Waals surface area contributed by atoms with E-state index in [2.05, 4.69) is 9.88 Å². The molecule has 0 unspecified atom stereocenters. The van der Waals surface area contributed by atoms with Crippen molar-refractivity contribution in [2.75, 3.05) is 27.2 Å². The van der Waals surface area contributed by atoms with Crippen molar-refractivity contribution < 1.29 is 34.8 Å². The second-order valence-electron chi connectivity index (χ2n) is 12.3. The fourth-order valence-electron chi connectivity index (χ4n) is 7.60. The summed E-state index contributed by atoms with van der Waals surface area (Å²) in [6.07, 6.45) is 5.11. The molecule has 1 saturated heterocycles. The Bertz CT molecular complexity index is 1590. The second-order valence-corrected chi connectivity index (χ2v) is 12.3. The van der Waals surface area contributed by atoms with Crippen LogP contribution in [0.15, 0.2) is 53.1 Å². The number of likely N-dealkylation sites (N-methyl/N-ethyl adjacent to an activating group) is 1. The van der Waals surface area contributed by atoms with E-state index in [1.54, 1.807) is 26.4 Å². The molecular weight excluding hydrogens is 552 g/mol. The summed E-state index contributed by atoms with van der Waals surface area (Å²) in [7, 11) is 3.21. The maximum Gasteiger partial charge on any atom is 0.255 e. The lowest BCUT2D eigenvalue weighted by Gasteiger charge is -2.50. The fraction of sp³-hybridized carbons (Fsp3) is 0.438. The third kappa shape index (κ3) is 4.37. The van der Waals surface area contributed by atoms with E-state index in [4.69, 9.17) is 5.73 Å². The molecule has 3 aliphatic carbocycles. The first kappa shape index (κ1) is 29.0. The average molecular weight is 589 g/mol. The number of fused-ring (bicyclic) bond motifs is 3. The molecular formula is C32H36N4O7. The van der Waals surface area contributed by atoms with Crippen molar-refractivity contribution in [3.05, 3.63) is 69.8 Å². The molecule has 1 aromatic heterocycles. The van der Waals surface area contributed by atoms with Crippen LogP contribution in [-0.2, 0) is 22.6 Å². The summed E-state index contributed by atoms with van der Waals surface area (Å²) in [4.78, 5) is 48.4. The van der Waals surface area contributed by atoms with E-state index in [1.165, 1.54) is 4.90 Å². The monoisotopic (exact) mass is 588 g/mol. The van der Waals surface area contributed by atoms with E-state index >= 15 is 0 Å². The van der Waals surface area contributed by atoms with E-state index in [9.17, 15) is 34.8 Å². The van der Waals surface area contributed by atoms with Gasteiger partial charge in [-0.1, -0.05) is 12.5 Å². The topological polar surface area (TPSA) is 178 Å².